The van der Waals surface area contributed by atoms with E-state index in [4.69, 9.17) is 4.52 Å². The third-order valence-corrected chi connectivity index (χ3v) is 2.02. The molecule has 4 heteroatoms. The van der Waals surface area contributed by atoms with Crippen molar-refractivity contribution in [3.05, 3.63) is 23.7 Å². The second-order valence-corrected chi connectivity index (χ2v) is 4.27. The first kappa shape index (κ1) is 8.99. The second-order valence-electron chi connectivity index (χ2n) is 4.27. The largest absolute Gasteiger partial charge is 0.356 e. The van der Waals surface area contributed by atoms with E-state index < -0.39 is 0 Å². The maximum Gasteiger partial charge on any atom is 0.170 e. The van der Waals surface area contributed by atoms with Crippen molar-refractivity contribution in [3.63, 3.8) is 0 Å². The van der Waals surface area contributed by atoms with Gasteiger partial charge in [-0.15, -0.1) is 0 Å². The summed E-state index contributed by atoms with van der Waals surface area (Å²) in [6, 6.07) is 1.93. The molecule has 0 bridgehead atoms. The molecule has 0 spiro atoms. The maximum atomic E-state index is 5.21. The molecule has 1 aliphatic rings. The Morgan fingerprint density at radius 2 is 2.07 bits per heavy atom. The summed E-state index contributed by atoms with van der Waals surface area (Å²) in [5.74, 6) is 0.722. The third-order valence-electron chi connectivity index (χ3n) is 2.02. The molecule has 73 valence electrons. The van der Waals surface area contributed by atoms with Gasteiger partial charge in [-0.2, -0.15) is 10.5 Å². The Morgan fingerprint density at radius 1 is 1.29 bits per heavy atom. The summed E-state index contributed by atoms with van der Waals surface area (Å²) in [6.45, 7) is 6.28. The minimum atomic E-state index is 0.00913. The molecule has 2 heterocycles. The van der Waals surface area contributed by atoms with Crippen LogP contribution >= 0.6 is 0 Å². The summed E-state index contributed by atoms with van der Waals surface area (Å²) in [5.41, 5.74) is 5.55. The van der Waals surface area contributed by atoms with Crippen molar-refractivity contribution in [2.24, 2.45) is 5.10 Å². The minimum Gasteiger partial charge on any atom is -0.356 e. The Bertz CT molecular complexity index is 396. The predicted octanol–water partition coefficient (Wildman–Crippen LogP) is 1.92. The van der Waals surface area contributed by atoms with E-state index in [-0.39, 0.29) is 5.41 Å². The van der Waals surface area contributed by atoms with Crippen LogP contribution in [0.15, 0.2) is 21.9 Å². The van der Waals surface area contributed by atoms with Crippen LogP contribution < -0.4 is 5.43 Å². The maximum absolute atomic E-state index is 5.21. The number of hydrogen-bond donors (Lipinski definition) is 0. The summed E-state index contributed by atoms with van der Waals surface area (Å²) in [4.78, 5) is 0. The molecule has 0 amide bonds. The number of rotatable bonds is 1. The van der Waals surface area contributed by atoms with Crippen LogP contribution in [-0.2, 0) is 5.41 Å². The summed E-state index contributed by atoms with van der Waals surface area (Å²) in [7, 11) is 0. The van der Waals surface area contributed by atoms with E-state index in [1.165, 1.54) is 0 Å². The van der Waals surface area contributed by atoms with E-state index in [1.54, 1.807) is 12.4 Å². The van der Waals surface area contributed by atoms with Crippen LogP contribution in [0.4, 0.5) is 0 Å². The molecule has 14 heavy (non-hydrogen) atoms. The normalized spacial score (nSPS) is 15.5. The monoisotopic (exact) mass is 190 g/mol. The smallest absolute Gasteiger partial charge is 0.170 e. The molecule has 0 saturated heterocycles. The topological polar surface area (TPSA) is 52.5 Å². The van der Waals surface area contributed by atoms with Gasteiger partial charge < -0.3 is 4.52 Å². The Kier molecular flexibility index (Phi) is 1.91. The summed E-state index contributed by atoms with van der Waals surface area (Å²) >= 11 is 0. The number of hydrogen-bond acceptors (Lipinski definition) is 3. The molecular formula is C10H12N3O. The summed E-state index contributed by atoms with van der Waals surface area (Å²) < 4.78 is 5.21. The van der Waals surface area contributed by atoms with Crippen LogP contribution in [0, 0.1) is 0 Å². The minimum absolute atomic E-state index is 0.00913. The van der Waals surface area contributed by atoms with Gasteiger partial charge >= 0.3 is 0 Å². The third kappa shape index (κ3) is 1.55. The standard InChI is InChI=1S/C10H12N3O/c1-10(2,3)9-4-8(14-13-9)7-5-11-12-6-7/h4-6H,1-3H3. The van der Waals surface area contributed by atoms with Crippen molar-refractivity contribution in [3.8, 4) is 0 Å². The number of aromatic nitrogens is 1. The highest BCUT2D eigenvalue weighted by Crippen LogP contribution is 2.24. The first-order valence-corrected chi connectivity index (χ1v) is 4.48. The van der Waals surface area contributed by atoms with E-state index in [2.05, 4.69) is 36.5 Å². The van der Waals surface area contributed by atoms with E-state index >= 15 is 0 Å². The van der Waals surface area contributed by atoms with Gasteiger partial charge in [-0.1, -0.05) is 25.9 Å². The van der Waals surface area contributed by atoms with Gasteiger partial charge in [0.05, 0.1) is 23.7 Å². The van der Waals surface area contributed by atoms with Gasteiger partial charge in [-0.3, -0.25) is 0 Å². The van der Waals surface area contributed by atoms with Crippen molar-refractivity contribution < 1.29 is 4.52 Å². The first-order valence-electron chi connectivity index (χ1n) is 4.48. The molecule has 2 rings (SSSR count). The molecule has 1 aromatic heterocycles. The lowest BCUT2D eigenvalue weighted by Gasteiger charge is -2.12. The van der Waals surface area contributed by atoms with E-state index in [9.17, 15) is 0 Å². The highest BCUT2D eigenvalue weighted by Gasteiger charge is 2.20. The molecule has 0 N–H and O–H groups in total. The van der Waals surface area contributed by atoms with Crippen molar-refractivity contribution in [2.45, 2.75) is 26.2 Å². The molecule has 1 aromatic rings. The summed E-state index contributed by atoms with van der Waals surface area (Å²) in [6.07, 6.45) is 3.32. The highest BCUT2D eigenvalue weighted by molar-refractivity contribution is 6.09. The quantitative estimate of drug-likeness (QED) is 0.679. The molecule has 1 radical (unpaired) electrons. The van der Waals surface area contributed by atoms with Crippen molar-refractivity contribution >= 4 is 11.8 Å². The van der Waals surface area contributed by atoms with Crippen LogP contribution in [-0.4, -0.2) is 11.4 Å². The van der Waals surface area contributed by atoms with Crippen molar-refractivity contribution in [2.75, 3.05) is 0 Å². The zero-order chi connectivity index (χ0) is 10.2. The molecule has 0 saturated carbocycles. The predicted molar refractivity (Wildman–Crippen MR) is 53.8 cm³/mol. The molecule has 0 unspecified atom stereocenters. The average molecular weight is 190 g/mol. The number of allylic oxidation sites excluding steroid dienone is 1. The SMILES string of the molecule is CC(C)(C)c1cc(C2=C[N]N=C2)on1. The Morgan fingerprint density at radius 3 is 2.57 bits per heavy atom. The lowest BCUT2D eigenvalue weighted by molar-refractivity contribution is 0.386. The van der Waals surface area contributed by atoms with Gasteiger partial charge in [0.25, 0.3) is 0 Å². The molecule has 0 aliphatic carbocycles. The fraction of sp³-hybridized carbons (Fsp3) is 0.400. The Hall–Kier alpha value is -1.58. The molecular weight excluding hydrogens is 178 g/mol. The fourth-order valence-electron chi connectivity index (χ4n) is 1.12. The van der Waals surface area contributed by atoms with Crippen LogP contribution in [0.3, 0.4) is 0 Å². The highest BCUT2D eigenvalue weighted by atomic mass is 16.5. The molecule has 1 aliphatic heterocycles. The number of nitrogens with zero attached hydrogens (tertiary/aromatic N) is 3. The molecule has 0 aromatic carbocycles. The van der Waals surface area contributed by atoms with E-state index in [1.807, 2.05) is 6.07 Å². The van der Waals surface area contributed by atoms with Gasteiger partial charge in [0.15, 0.2) is 5.76 Å². The fourth-order valence-corrected chi connectivity index (χ4v) is 1.12. The van der Waals surface area contributed by atoms with Crippen LogP contribution in [0.5, 0.6) is 0 Å². The van der Waals surface area contributed by atoms with Crippen molar-refractivity contribution in [1.82, 2.24) is 10.6 Å². The summed E-state index contributed by atoms with van der Waals surface area (Å²) in [5, 5.41) is 7.75. The van der Waals surface area contributed by atoms with Gasteiger partial charge in [0.1, 0.15) is 0 Å². The van der Waals surface area contributed by atoms with Crippen LogP contribution in [0.25, 0.3) is 5.57 Å². The first-order chi connectivity index (χ1) is 6.57. The van der Waals surface area contributed by atoms with Crippen molar-refractivity contribution in [1.29, 1.82) is 0 Å². The van der Waals surface area contributed by atoms with E-state index in [0.717, 1.165) is 17.0 Å². The average Bonchev–Trinajstić information content (AvgIpc) is 2.73. The lowest BCUT2D eigenvalue weighted by Crippen LogP contribution is -2.10. The molecule has 4 nitrogen and oxygen atoms in total. The van der Waals surface area contributed by atoms with Gasteiger partial charge in [-0.25, -0.2) is 0 Å². The van der Waals surface area contributed by atoms with Crippen LogP contribution in [0.2, 0.25) is 0 Å². The van der Waals surface area contributed by atoms with Gasteiger partial charge in [0.2, 0.25) is 0 Å². The zero-order valence-electron chi connectivity index (χ0n) is 8.48. The second kappa shape index (κ2) is 2.97. The van der Waals surface area contributed by atoms with Gasteiger partial charge in [0, 0.05) is 11.5 Å². The van der Waals surface area contributed by atoms with E-state index in [0.29, 0.717) is 0 Å². The Labute approximate surface area is 82.7 Å². The molecule has 0 fully saturated rings. The Balaban J connectivity index is 2.30. The van der Waals surface area contributed by atoms with Gasteiger partial charge in [-0.05, 0) is 0 Å². The van der Waals surface area contributed by atoms with Crippen LogP contribution in [0.1, 0.15) is 32.2 Å². The molecule has 0 atom stereocenters. The zero-order valence-corrected chi connectivity index (χ0v) is 8.48. The lowest BCUT2D eigenvalue weighted by atomic mass is 9.92.